The second kappa shape index (κ2) is 5.36. The van der Waals surface area contributed by atoms with Crippen molar-refractivity contribution in [3.63, 3.8) is 0 Å². The van der Waals surface area contributed by atoms with Crippen molar-refractivity contribution in [2.45, 2.75) is 0 Å². The lowest BCUT2D eigenvalue weighted by Crippen LogP contribution is -2.29. The maximum absolute atomic E-state index is 8.95. The Bertz CT molecular complexity index is 305. The molecular formula is C8H10BBrO4. The Morgan fingerprint density at radius 2 is 2.07 bits per heavy atom. The van der Waals surface area contributed by atoms with Crippen LogP contribution in [0.25, 0.3) is 0 Å². The van der Waals surface area contributed by atoms with Gasteiger partial charge in [-0.05, 0) is 23.7 Å². The molecule has 0 heterocycles. The van der Waals surface area contributed by atoms with Crippen molar-refractivity contribution in [3.8, 4) is 5.75 Å². The molecule has 0 aliphatic carbocycles. The van der Waals surface area contributed by atoms with Gasteiger partial charge in [-0.2, -0.15) is 0 Å². The van der Waals surface area contributed by atoms with Crippen molar-refractivity contribution in [1.82, 2.24) is 0 Å². The second-order valence-corrected chi connectivity index (χ2v) is 3.56. The number of hydrogen-bond donors (Lipinski definition) is 2. The van der Waals surface area contributed by atoms with Gasteiger partial charge in [-0.1, -0.05) is 15.9 Å². The zero-order valence-electron chi connectivity index (χ0n) is 7.61. The predicted molar refractivity (Wildman–Crippen MR) is 56.5 cm³/mol. The molecule has 0 aliphatic rings. The minimum Gasteiger partial charge on any atom is -0.468 e. The monoisotopic (exact) mass is 260 g/mol. The van der Waals surface area contributed by atoms with Crippen LogP contribution in [0.1, 0.15) is 0 Å². The number of benzene rings is 1. The molecule has 1 rings (SSSR count). The molecule has 6 heteroatoms. The molecule has 0 saturated carbocycles. The number of hydrogen-bond acceptors (Lipinski definition) is 4. The van der Waals surface area contributed by atoms with Crippen LogP contribution < -0.4 is 10.2 Å². The van der Waals surface area contributed by atoms with Crippen molar-refractivity contribution in [2.75, 3.05) is 13.9 Å². The van der Waals surface area contributed by atoms with Crippen LogP contribution in [0.3, 0.4) is 0 Å². The molecule has 0 saturated heterocycles. The van der Waals surface area contributed by atoms with Crippen molar-refractivity contribution in [1.29, 1.82) is 0 Å². The van der Waals surface area contributed by atoms with Crippen LogP contribution in [0, 0.1) is 0 Å². The van der Waals surface area contributed by atoms with E-state index >= 15 is 0 Å². The van der Waals surface area contributed by atoms with Crippen LogP contribution in [0.4, 0.5) is 0 Å². The Hall–Kier alpha value is -0.555. The van der Waals surface area contributed by atoms with Gasteiger partial charge in [0.2, 0.25) is 0 Å². The molecule has 14 heavy (non-hydrogen) atoms. The minimum absolute atomic E-state index is 0.122. The number of ether oxygens (including phenoxy) is 2. The second-order valence-electron chi connectivity index (χ2n) is 2.64. The molecule has 0 amide bonds. The molecular weight excluding hydrogens is 251 g/mol. The lowest BCUT2D eigenvalue weighted by Gasteiger charge is -2.07. The molecule has 1 aromatic carbocycles. The highest BCUT2D eigenvalue weighted by molar-refractivity contribution is 9.10. The summed E-state index contributed by atoms with van der Waals surface area (Å²) >= 11 is 3.23. The van der Waals surface area contributed by atoms with Crippen LogP contribution in [0.2, 0.25) is 0 Å². The Labute approximate surface area is 90.7 Å². The number of halogens is 1. The Morgan fingerprint density at radius 1 is 1.36 bits per heavy atom. The van der Waals surface area contributed by atoms with Gasteiger partial charge in [0.1, 0.15) is 5.75 Å². The topological polar surface area (TPSA) is 58.9 Å². The van der Waals surface area contributed by atoms with Gasteiger partial charge in [-0.3, -0.25) is 0 Å². The van der Waals surface area contributed by atoms with Gasteiger partial charge in [0.25, 0.3) is 0 Å². The van der Waals surface area contributed by atoms with E-state index in [-0.39, 0.29) is 6.79 Å². The van der Waals surface area contributed by atoms with Crippen LogP contribution in [-0.4, -0.2) is 31.1 Å². The average molecular weight is 261 g/mol. The first-order valence-electron chi connectivity index (χ1n) is 3.92. The third-order valence-electron chi connectivity index (χ3n) is 1.54. The summed E-state index contributed by atoms with van der Waals surface area (Å²) in [6.45, 7) is 0.122. The SMILES string of the molecule is COCOc1cc(Br)cc(B(O)O)c1. The minimum atomic E-state index is -1.50. The van der Waals surface area contributed by atoms with Crippen LogP contribution >= 0.6 is 15.9 Å². The van der Waals surface area contributed by atoms with Crippen molar-refractivity contribution in [3.05, 3.63) is 22.7 Å². The van der Waals surface area contributed by atoms with Crippen molar-refractivity contribution < 1.29 is 19.5 Å². The largest absolute Gasteiger partial charge is 0.488 e. The van der Waals surface area contributed by atoms with Gasteiger partial charge in [0.15, 0.2) is 6.79 Å². The molecule has 0 fully saturated rings. The van der Waals surface area contributed by atoms with Gasteiger partial charge >= 0.3 is 7.12 Å². The van der Waals surface area contributed by atoms with Crippen LogP contribution in [-0.2, 0) is 4.74 Å². The van der Waals surface area contributed by atoms with E-state index in [1.54, 1.807) is 12.1 Å². The zero-order valence-corrected chi connectivity index (χ0v) is 9.19. The van der Waals surface area contributed by atoms with Crippen molar-refractivity contribution >= 4 is 28.5 Å². The molecule has 76 valence electrons. The third-order valence-corrected chi connectivity index (χ3v) is 1.99. The normalized spacial score (nSPS) is 10.0. The highest BCUT2D eigenvalue weighted by Gasteiger charge is 2.12. The molecule has 0 unspecified atom stereocenters. The van der Waals surface area contributed by atoms with Gasteiger partial charge in [0.05, 0.1) is 0 Å². The summed E-state index contributed by atoms with van der Waals surface area (Å²) in [4.78, 5) is 0. The maximum atomic E-state index is 8.95. The van der Waals surface area contributed by atoms with E-state index in [4.69, 9.17) is 19.5 Å². The fraction of sp³-hybridized carbons (Fsp3) is 0.250. The van der Waals surface area contributed by atoms with E-state index in [1.165, 1.54) is 13.2 Å². The summed E-state index contributed by atoms with van der Waals surface area (Å²) in [5, 5.41) is 17.9. The number of methoxy groups -OCH3 is 1. The molecule has 0 aromatic heterocycles. The van der Waals surface area contributed by atoms with Crippen LogP contribution in [0.15, 0.2) is 22.7 Å². The van der Waals surface area contributed by atoms with Gasteiger partial charge in [0, 0.05) is 11.6 Å². The third kappa shape index (κ3) is 3.30. The molecule has 0 aliphatic heterocycles. The Kier molecular flexibility index (Phi) is 4.41. The number of rotatable bonds is 4. The smallest absolute Gasteiger partial charge is 0.468 e. The quantitative estimate of drug-likeness (QED) is 0.596. The average Bonchev–Trinajstić information content (AvgIpc) is 2.14. The highest BCUT2D eigenvalue weighted by atomic mass is 79.9. The lowest BCUT2D eigenvalue weighted by molar-refractivity contribution is 0.0511. The summed E-state index contributed by atoms with van der Waals surface area (Å²) in [5.41, 5.74) is 0.366. The summed E-state index contributed by atoms with van der Waals surface area (Å²) in [7, 11) is 0.0113. The molecule has 0 bridgehead atoms. The van der Waals surface area contributed by atoms with Crippen molar-refractivity contribution in [2.24, 2.45) is 0 Å². The maximum Gasteiger partial charge on any atom is 0.488 e. The standard InChI is InChI=1S/C8H10BBrO4/c1-13-5-14-8-3-6(9(11)12)2-7(10)4-8/h2-4,11-12H,5H2,1H3. The zero-order chi connectivity index (χ0) is 10.6. The first kappa shape index (κ1) is 11.5. The predicted octanol–water partition coefficient (Wildman–Crippen LogP) is 0.112. The molecule has 0 spiro atoms. The van der Waals surface area contributed by atoms with E-state index in [9.17, 15) is 0 Å². The lowest BCUT2D eigenvalue weighted by atomic mass is 9.80. The fourth-order valence-electron chi connectivity index (χ4n) is 0.944. The molecule has 2 N–H and O–H groups in total. The van der Waals surface area contributed by atoms with Crippen LogP contribution in [0.5, 0.6) is 5.75 Å². The fourth-order valence-corrected chi connectivity index (χ4v) is 1.43. The summed E-state index contributed by atoms with van der Waals surface area (Å²) in [6, 6.07) is 4.85. The van der Waals surface area contributed by atoms with E-state index < -0.39 is 7.12 Å². The van der Waals surface area contributed by atoms with Gasteiger partial charge in [-0.25, -0.2) is 0 Å². The molecule has 4 nitrogen and oxygen atoms in total. The first-order chi connectivity index (χ1) is 6.63. The Morgan fingerprint density at radius 3 is 2.64 bits per heavy atom. The highest BCUT2D eigenvalue weighted by Crippen LogP contribution is 2.16. The van der Waals surface area contributed by atoms with Gasteiger partial charge in [-0.15, -0.1) is 0 Å². The van der Waals surface area contributed by atoms with E-state index in [0.29, 0.717) is 15.7 Å². The summed E-state index contributed by atoms with van der Waals surface area (Å²) < 4.78 is 10.6. The summed E-state index contributed by atoms with van der Waals surface area (Å²) in [5.74, 6) is 0.518. The van der Waals surface area contributed by atoms with Gasteiger partial charge < -0.3 is 19.5 Å². The van der Waals surface area contributed by atoms with E-state index in [1.807, 2.05) is 0 Å². The molecule has 0 atom stereocenters. The first-order valence-corrected chi connectivity index (χ1v) is 4.71. The molecule has 0 radical (unpaired) electrons. The summed E-state index contributed by atoms with van der Waals surface area (Å²) in [6.07, 6.45) is 0. The van der Waals surface area contributed by atoms with E-state index in [2.05, 4.69) is 15.9 Å². The molecule has 1 aromatic rings. The van der Waals surface area contributed by atoms with E-state index in [0.717, 1.165) is 0 Å². The Balaban J connectivity index is 2.84.